The highest BCUT2D eigenvalue weighted by Crippen LogP contribution is 2.60. The summed E-state index contributed by atoms with van der Waals surface area (Å²) in [6, 6.07) is 12.7. The molecule has 160 valence electrons. The van der Waals surface area contributed by atoms with Gasteiger partial charge in [-0.3, -0.25) is 14.4 Å². The van der Waals surface area contributed by atoms with E-state index in [4.69, 9.17) is 4.74 Å². The van der Waals surface area contributed by atoms with Crippen molar-refractivity contribution in [3.8, 4) is 0 Å². The van der Waals surface area contributed by atoms with Gasteiger partial charge in [-0.05, 0) is 73.7 Å². The van der Waals surface area contributed by atoms with Crippen LogP contribution in [0.25, 0.3) is 0 Å². The van der Waals surface area contributed by atoms with E-state index >= 15 is 0 Å². The molecule has 0 spiro atoms. The normalized spacial score (nSPS) is 30.2. The van der Waals surface area contributed by atoms with Crippen LogP contribution in [0.15, 0.2) is 42.5 Å². The minimum Gasteiger partial charge on any atom is -0.461 e. The fourth-order valence-electron chi connectivity index (χ4n) is 5.51. The molecule has 0 unspecified atom stereocenters. The van der Waals surface area contributed by atoms with Crippen LogP contribution >= 0.6 is 15.9 Å². The topological polar surface area (TPSA) is 84.5 Å². The number of hydrogen-bond acceptors (Lipinski definition) is 4. The van der Waals surface area contributed by atoms with Gasteiger partial charge in [0.1, 0.15) is 6.10 Å². The number of carbonyl (C=O) groups is 3. The van der Waals surface area contributed by atoms with E-state index in [1.807, 2.05) is 32.0 Å². The van der Waals surface area contributed by atoms with Gasteiger partial charge in [-0.15, -0.1) is 0 Å². The quantitative estimate of drug-likeness (QED) is 0.508. The zero-order chi connectivity index (χ0) is 21.9. The summed E-state index contributed by atoms with van der Waals surface area (Å²) in [6.45, 7) is 3.97. The van der Waals surface area contributed by atoms with Gasteiger partial charge in [-0.1, -0.05) is 22.0 Å². The Kier molecular flexibility index (Phi) is 4.88. The van der Waals surface area contributed by atoms with Crippen molar-refractivity contribution in [2.75, 3.05) is 10.6 Å². The fraction of sp³-hybridized carbons (Fsp3) is 0.375. The van der Waals surface area contributed by atoms with E-state index in [9.17, 15) is 14.4 Å². The highest BCUT2D eigenvalue weighted by Gasteiger charge is 2.67. The highest BCUT2D eigenvalue weighted by molar-refractivity contribution is 9.09. The molecule has 3 aliphatic rings. The molecule has 1 saturated heterocycles. The first-order chi connectivity index (χ1) is 14.8. The summed E-state index contributed by atoms with van der Waals surface area (Å²) in [5.74, 6) is -1.11. The first-order valence-corrected chi connectivity index (χ1v) is 11.4. The Morgan fingerprint density at radius 1 is 0.968 bits per heavy atom. The number of fused-ring (bicyclic) bond motifs is 1. The van der Waals surface area contributed by atoms with Crippen molar-refractivity contribution in [1.82, 2.24) is 0 Å². The number of benzene rings is 2. The van der Waals surface area contributed by atoms with Crippen molar-refractivity contribution in [3.63, 3.8) is 0 Å². The molecule has 2 saturated carbocycles. The molecule has 2 aliphatic carbocycles. The van der Waals surface area contributed by atoms with Gasteiger partial charge in [0, 0.05) is 22.9 Å². The number of carbonyl (C=O) groups excluding carboxylic acids is 3. The van der Waals surface area contributed by atoms with Crippen LogP contribution in [0.1, 0.15) is 27.9 Å². The summed E-state index contributed by atoms with van der Waals surface area (Å²) >= 11 is 3.63. The van der Waals surface area contributed by atoms with Gasteiger partial charge in [0.25, 0.3) is 5.91 Å². The van der Waals surface area contributed by atoms with Crippen LogP contribution in [-0.2, 0) is 14.3 Å². The summed E-state index contributed by atoms with van der Waals surface area (Å²) in [5, 5.41) is 5.83. The highest BCUT2D eigenvalue weighted by atomic mass is 79.9. The number of rotatable bonds is 4. The molecule has 5 rings (SSSR count). The lowest BCUT2D eigenvalue weighted by Crippen LogP contribution is -2.40. The van der Waals surface area contributed by atoms with E-state index in [1.54, 1.807) is 24.3 Å². The molecular weight excluding hydrogens is 460 g/mol. The third kappa shape index (κ3) is 3.45. The standard InChI is InChI=1S/C24H23BrN2O4/c1-11-7-12(2)9-15(8-11)27-22(28)13-3-5-14(6-4-13)26-23(29)18-16-10-17-19(18)24(30)31-21(17)20(16)25/h3-9,16-21H,10H2,1-2H3,(H,26,29)(H,27,28)/t16-,17-,18-,19+,20-,21+/m1/s1. The first kappa shape index (κ1) is 20.2. The number of alkyl halides is 1. The van der Waals surface area contributed by atoms with Gasteiger partial charge in [0.2, 0.25) is 5.91 Å². The Labute approximate surface area is 188 Å². The predicted octanol–water partition coefficient (Wildman–Crippen LogP) is 4.07. The van der Waals surface area contributed by atoms with Crippen LogP contribution in [0.2, 0.25) is 0 Å². The van der Waals surface area contributed by atoms with Crippen molar-refractivity contribution in [1.29, 1.82) is 0 Å². The molecule has 2 aromatic rings. The minimum absolute atomic E-state index is 0.0345. The second kappa shape index (κ2) is 7.48. The molecular formula is C24H23BrN2O4. The van der Waals surface area contributed by atoms with Crippen molar-refractivity contribution in [3.05, 3.63) is 59.2 Å². The molecule has 0 aromatic heterocycles. The summed E-state index contributed by atoms with van der Waals surface area (Å²) in [5.41, 5.74) is 4.01. The Bertz CT molecular complexity index is 1060. The average Bonchev–Trinajstić information content (AvgIpc) is 3.32. The van der Waals surface area contributed by atoms with Gasteiger partial charge in [-0.25, -0.2) is 0 Å². The fourth-order valence-corrected chi connectivity index (χ4v) is 6.56. The molecule has 2 N–H and O–H groups in total. The number of hydrogen-bond donors (Lipinski definition) is 2. The third-order valence-corrected chi connectivity index (χ3v) is 7.92. The Balaban J connectivity index is 1.26. The monoisotopic (exact) mass is 482 g/mol. The number of aryl methyl sites for hydroxylation is 2. The number of esters is 1. The maximum atomic E-state index is 13.0. The first-order valence-electron chi connectivity index (χ1n) is 10.5. The van der Waals surface area contributed by atoms with Crippen LogP contribution in [0, 0.1) is 37.5 Å². The minimum atomic E-state index is -0.381. The van der Waals surface area contributed by atoms with Crippen molar-refractivity contribution in [2.45, 2.75) is 31.2 Å². The predicted molar refractivity (Wildman–Crippen MR) is 120 cm³/mol. The van der Waals surface area contributed by atoms with Crippen molar-refractivity contribution >= 4 is 45.1 Å². The smallest absolute Gasteiger partial charge is 0.310 e. The van der Waals surface area contributed by atoms with E-state index in [2.05, 4.69) is 26.6 Å². The molecule has 7 heteroatoms. The molecule has 31 heavy (non-hydrogen) atoms. The van der Waals surface area contributed by atoms with Crippen molar-refractivity contribution in [2.24, 2.45) is 23.7 Å². The largest absolute Gasteiger partial charge is 0.461 e. The lowest BCUT2D eigenvalue weighted by molar-refractivity contribution is -0.145. The summed E-state index contributed by atoms with van der Waals surface area (Å²) < 4.78 is 5.48. The van der Waals surface area contributed by atoms with E-state index in [0.29, 0.717) is 11.3 Å². The SMILES string of the molecule is Cc1cc(C)cc(NC(=O)c2ccc(NC(=O)[C@@H]3[C@H]4C[C@H]5[C@H](OC(=O)[C@@H]53)[C@@H]4Br)cc2)c1. The van der Waals surface area contributed by atoms with E-state index in [0.717, 1.165) is 23.2 Å². The van der Waals surface area contributed by atoms with Gasteiger partial charge in [0.05, 0.1) is 16.7 Å². The molecule has 1 heterocycles. The molecule has 6 nitrogen and oxygen atoms in total. The Hall–Kier alpha value is -2.67. The second-order valence-electron chi connectivity index (χ2n) is 8.86. The summed E-state index contributed by atoms with van der Waals surface area (Å²) in [4.78, 5) is 37.8. The maximum Gasteiger partial charge on any atom is 0.310 e. The van der Waals surface area contributed by atoms with Crippen LogP contribution in [0.5, 0.6) is 0 Å². The van der Waals surface area contributed by atoms with Crippen molar-refractivity contribution < 1.29 is 19.1 Å². The number of halogens is 1. The third-order valence-electron chi connectivity index (χ3n) is 6.72. The van der Waals surface area contributed by atoms with Gasteiger partial charge < -0.3 is 15.4 Å². The average molecular weight is 483 g/mol. The van der Waals surface area contributed by atoms with E-state index in [1.165, 1.54) is 0 Å². The van der Waals surface area contributed by atoms with Crippen LogP contribution in [-0.4, -0.2) is 28.7 Å². The molecule has 3 fully saturated rings. The molecule has 1 aliphatic heterocycles. The van der Waals surface area contributed by atoms with Crippen LogP contribution in [0.4, 0.5) is 11.4 Å². The summed E-state index contributed by atoms with van der Waals surface area (Å²) in [7, 11) is 0. The molecule has 2 aromatic carbocycles. The lowest BCUT2D eigenvalue weighted by atomic mass is 9.79. The molecule has 6 atom stereocenters. The van der Waals surface area contributed by atoms with E-state index in [-0.39, 0.29) is 52.4 Å². The van der Waals surface area contributed by atoms with Crippen LogP contribution in [0.3, 0.4) is 0 Å². The lowest BCUT2D eigenvalue weighted by Gasteiger charge is -2.27. The number of amides is 2. The summed E-state index contributed by atoms with van der Waals surface area (Å²) in [6.07, 6.45) is 0.744. The molecule has 2 amide bonds. The number of nitrogens with one attached hydrogen (secondary N) is 2. The van der Waals surface area contributed by atoms with Crippen LogP contribution < -0.4 is 10.6 Å². The van der Waals surface area contributed by atoms with Gasteiger partial charge in [-0.2, -0.15) is 0 Å². The molecule has 0 radical (unpaired) electrons. The zero-order valence-electron chi connectivity index (χ0n) is 17.2. The van der Waals surface area contributed by atoms with Gasteiger partial charge >= 0.3 is 5.97 Å². The number of anilines is 2. The van der Waals surface area contributed by atoms with Gasteiger partial charge in [0.15, 0.2) is 0 Å². The second-order valence-corrected chi connectivity index (χ2v) is 9.92. The van der Waals surface area contributed by atoms with E-state index < -0.39 is 0 Å². The maximum absolute atomic E-state index is 13.0. The number of ether oxygens (including phenoxy) is 1. The molecule has 2 bridgehead atoms. The zero-order valence-corrected chi connectivity index (χ0v) is 18.8. The Morgan fingerprint density at radius 2 is 1.65 bits per heavy atom. The Morgan fingerprint density at radius 3 is 2.32 bits per heavy atom.